The van der Waals surface area contributed by atoms with Gasteiger partial charge in [0.25, 0.3) is 0 Å². The van der Waals surface area contributed by atoms with Crippen LogP contribution in [-0.4, -0.2) is 73.1 Å². The lowest BCUT2D eigenvalue weighted by atomic mass is 9.53. The minimum atomic E-state index is 0.513. The summed E-state index contributed by atoms with van der Waals surface area (Å²) in [5.41, 5.74) is 1.93. The van der Waals surface area contributed by atoms with Gasteiger partial charge in [0.05, 0.1) is 0 Å². The van der Waals surface area contributed by atoms with E-state index in [2.05, 4.69) is 42.5 Å². The zero-order valence-electron chi connectivity index (χ0n) is 17.3. The molecule has 0 bridgehead atoms. The quantitative estimate of drug-likeness (QED) is 0.751. The molecule has 4 aliphatic rings. The van der Waals surface area contributed by atoms with Crippen molar-refractivity contribution >= 4 is 0 Å². The molecule has 0 aromatic carbocycles. The van der Waals surface area contributed by atoms with E-state index >= 15 is 0 Å². The SMILES string of the molecule is CC(C)CC1(CN2CCC3(CC2)CC(C)(N2CCN(C)CC2)C3)CC1. The summed E-state index contributed by atoms with van der Waals surface area (Å²) in [7, 11) is 2.27. The summed E-state index contributed by atoms with van der Waals surface area (Å²) in [6.07, 6.45) is 10.3. The molecule has 3 nitrogen and oxygen atoms in total. The topological polar surface area (TPSA) is 9.72 Å². The molecule has 0 aromatic rings. The number of piperidine rings is 1. The fraction of sp³-hybridized carbons (Fsp3) is 1.00. The number of rotatable bonds is 5. The van der Waals surface area contributed by atoms with Crippen molar-refractivity contribution in [3.63, 3.8) is 0 Å². The molecule has 144 valence electrons. The first-order chi connectivity index (χ1) is 11.8. The highest BCUT2D eigenvalue weighted by molar-refractivity contribution is 5.10. The summed E-state index contributed by atoms with van der Waals surface area (Å²) in [5, 5.41) is 0. The van der Waals surface area contributed by atoms with Crippen molar-refractivity contribution in [1.82, 2.24) is 14.7 Å². The molecule has 3 heteroatoms. The van der Waals surface area contributed by atoms with Gasteiger partial charge in [0.1, 0.15) is 0 Å². The van der Waals surface area contributed by atoms with Crippen LogP contribution in [0.25, 0.3) is 0 Å². The standard InChI is InChI=1S/C22H41N3/c1-19(2)15-21(5-6-21)18-24-9-7-22(8-10-24)16-20(3,17-22)25-13-11-23(4)12-14-25/h19H,5-18H2,1-4H3. The van der Waals surface area contributed by atoms with Crippen LogP contribution >= 0.6 is 0 Å². The van der Waals surface area contributed by atoms with Crippen LogP contribution in [0.2, 0.25) is 0 Å². The summed E-state index contributed by atoms with van der Waals surface area (Å²) < 4.78 is 0. The molecule has 0 N–H and O–H groups in total. The third-order valence-electron chi connectivity index (χ3n) is 8.05. The van der Waals surface area contributed by atoms with Crippen molar-refractivity contribution in [2.75, 3.05) is 52.9 Å². The third kappa shape index (κ3) is 3.80. The average Bonchev–Trinajstić information content (AvgIpc) is 3.27. The average molecular weight is 348 g/mol. The minimum absolute atomic E-state index is 0.513. The van der Waals surface area contributed by atoms with Crippen molar-refractivity contribution in [1.29, 1.82) is 0 Å². The van der Waals surface area contributed by atoms with E-state index in [9.17, 15) is 0 Å². The molecule has 0 amide bonds. The second-order valence-electron chi connectivity index (χ2n) is 11.0. The molecule has 2 heterocycles. The fourth-order valence-electron chi connectivity index (χ4n) is 6.62. The zero-order chi connectivity index (χ0) is 17.7. The predicted octanol–water partition coefficient (Wildman–Crippen LogP) is 3.69. The predicted molar refractivity (Wildman–Crippen MR) is 106 cm³/mol. The minimum Gasteiger partial charge on any atom is -0.304 e. The van der Waals surface area contributed by atoms with E-state index in [0.717, 1.165) is 5.92 Å². The number of piperazine rings is 1. The van der Waals surface area contributed by atoms with Gasteiger partial charge in [0, 0.05) is 38.3 Å². The van der Waals surface area contributed by atoms with E-state index < -0.39 is 0 Å². The Balaban J connectivity index is 1.25. The summed E-state index contributed by atoms with van der Waals surface area (Å²) in [6, 6.07) is 0. The first kappa shape index (κ1) is 18.3. The van der Waals surface area contributed by atoms with E-state index in [0.29, 0.717) is 16.4 Å². The first-order valence-corrected chi connectivity index (χ1v) is 11.0. The lowest BCUT2D eigenvalue weighted by molar-refractivity contribution is -0.113. The normalized spacial score (nSPS) is 32.0. The van der Waals surface area contributed by atoms with Crippen LogP contribution in [0.15, 0.2) is 0 Å². The maximum absolute atomic E-state index is 2.83. The van der Waals surface area contributed by atoms with Crippen molar-refractivity contribution in [3.05, 3.63) is 0 Å². The summed E-state index contributed by atoms with van der Waals surface area (Å²) >= 11 is 0. The lowest BCUT2D eigenvalue weighted by Gasteiger charge is -2.62. The molecule has 1 spiro atoms. The summed E-state index contributed by atoms with van der Waals surface area (Å²) in [4.78, 5) is 8.12. The van der Waals surface area contributed by atoms with Crippen LogP contribution in [0.3, 0.4) is 0 Å². The van der Waals surface area contributed by atoms with Crippen molar-refractivity contribution in [3.8, 4) is 0 Å². The van der Waals surface area contributed by atoms with E-state index in [4.69, 9.17) is 0 Å². The number of likely N-dealkylation sites (tertiary alicyclic amines) is 1. The van der Waals surface area contributed by atoms with Gasteiger partial charge in [-0.2, -0.15) is 0 Å². The molecule has 4 rings (SSSR count). The highest BCUT2D eigenvalue weighted by atomic mass is 15.3. The van der Waals surface area contributed by atoms with Crippen LogP contribution in [-0.2, 0) is 0 Å². The van der Waals surface area contributed by atoms with Crippen LogP contribution in [0, 0.1) is 16.7 Å². The molecule has 2 aliphatic heterocycles. The Bertz CT molecular complexity index is 458. The number of likely N-dealkylation sites (N-methyl/N-ethyl adjacent to an activating group) is 1. The maximum Gasteiger partial charge on any atom is 0.0193 e. The van der Waals surface area contributed by atoms with Gasteiger partial charge < -0.3 is 9.80 Å². The van der Waals surface area contributed by atoms with Crippen molar-refractivity contribution in [2.24, 2.45) is 16.7 Å². The molecule has 2 aliphatic carbocycles. The summed E-state index contributed by atoms with van der Waals surface area (Å²) in [6.45, 7) is 16.6. The van der Waals surface area contributed by atoms with Crippen LogP contribution < -0.4 is 0 Å². The van der Waals surface area contributed by atoms with Gasteiger partial charge in [0.15, 0.2) is 0 Å². The highest BCUT2D eigenvalue weighted by Gasteiger charge is 2.55. The molecule has 25 heavy (non-hydrogen) atoms. The first-order valence-electron chi connectivity index (χ1n) is 11.0. The third-order valence-corrected chi connectivity index (χ3v) is 8.05. The Labute approximate surface area is 156 Å². The van der Waals surface area contributed by atoms with Crippen LogP contribution in [0.1, 0.15) is 65.7 Å². The van der Waals surface area contributed by atoms with Gasteiger partial charge in [-0.25, -0.2) is 0 Å². The Morgan fingerprint density at radius 2 is 1.44 bits per heavy atom. The molecular weight excluding hydrogens is 306 g/mol. The number of nitrogens with zero attached hydrogens (tertiary/aromatic N) is 3. The van der Waals surface area contributed by atoms with Gasteiger partial charge in [-0.05, 0) is 88.8 Å². The largest absolute Gasteiger partial charge is 0.304 e. The molecule has 0 radical (unpaired) electrons. The van der Waals surface area contributed by atoms with E-state index in [1.807, 2.05) is 0 Å². The van der Waals surface area contributed by atoms with Crippen molar-refractivity contribution in [2.45, 2.75) is 71.3 Å². The molecule has 4 fully saturated rings. The Morgan fingerprint density at radius 1 is 0.840 bits per heavy atom. The van der Waals surface area contributed by atoms with Gasteiger partial charge in [-0.3, -0.25) is 4.90 Å². The molecule has 2 saturated heterocycles. The van der Waals surface area contributed by atoms with Gasteiger partial charge >= 0.3 is 0 Å². The Hall–Kier alpha value is -0.120. The summed E-state index contributed by atoms with van der Waals surface area (Å²) in [5.74, 6) is 0.870. The van der Waals surface area contributed by atoms with Gasteiger partial charge in [-0.1, -0.05) is 13.8 Å². The number of hydrogen-bond donors (Lipinski definition) is 0. The molecule has 0 aromatic heterocycles. The second-order valence-corrected chi connectivity index (χ2v) is 11.0. The maximum atomic E-state index is 2.83. The van der Waals surface area contributed by atoms with E-state index in [1.165, 1.54) is 90.8 Å². The zero-order valence-corrected chi connectivity index (χ0v) is 17.3. The number of hydrogen-bond acceptors (Lipinski definition) is 3. The van der Waals surface area contributed by atoms with Gasteiger partial charge in [-0.15, -0.1) is 0 Å². The highest BCUT2D eigenvalue weighted by Crippen LogP contribution is 2.58. The second kappa shape index (κ2) is 6.49. The molecule has 0 atom stereocenters. The Kier molecular flexibility index (Phi) is 4.74. The lowest BCUT2D eigenvalue weighted by Crippen LogP contribution is -2.65. The van der Waals surface area contributed by atoms with Crippen LogP contribution in [0.5, 0.6) is 0 Å². The monoisotopic (exact) mass is 347 g/mol. The van der Waals surface area contributed by atoms with E-state index in [1.54, 1.807) is 0 Å². The smallest absolute Gasteiger partial charge is 0.0193 e. The van der Waals surface area contributed by atoms with E-state index in [-0.39, 0.29) is 0 Å². The van der Waals surface area contributed by atoms with Crippen LogP contribution in [0.4, 0.5) is 0 Å². The molecule has 0 unspecified atom stereocenters. The molecular formula is C22H41N3. The molecule has 2 saturated carbocycles. The Morgan fingerprint density at radius 3 is 1.96 bits per heavy atom. The van der Waals surface area contributed by atoms with Crippen molar-refractivity contribution < 1.29 is 0 Å². The van der Waals surface area contributed by atoms with Gasteiger partial charge in [0.2, 0.25) is 0 Å². The fourth-order valence-corrected chi connectivity index (χ4v) is 6.62.